The van der Waals surface area contributed by atoms with Crippen LogP contribution in [-0.4, -0.2) is 5.91 Å². The Morgan fingerprint density at radius 1 is 1.16 bits per heavy atom. The molecule has 1 aromatic carbocycles. The smallest absolute Gasteiger partial charge is 0.228 e. The van der Waals surface area contributed by atoms with Crippen LogP contribution in [0.5, 0.6) is 0 Å². The first kappa shape index (κ1) is 12.9. The zero-order valence-corrected chi connectivity index (χ0v) is 12.4. The molecular formula is C16H18BrNO. The summed E-state index contributed by atoms with van der Waals surface area (Å²) in [5.41, 5.74) is 0.886. The van der Waals surface area contributed by atoms with Crippen molar-refractivity contribution in [3.63, 3.8) is 0 Å². The minimum absolute atomic E-state index is 0.204. The maximum atomic E-state index is 12.3. The molecule has 2 unspecified atom stereocenters. The number of benzene rings is 1. The molecule has 100 valence electrons. The largest absolute Gasteiger partial charge is 0.326 e. The number of allylic oxidation sites excluding steroid dienone is 2. The third-order valence-corrected chi connectivity index (χ3v) is 4.72. The van der Waals surface area contributed by atoms with Crippen LogP contribution in [0.2, 0.25) is 0 Å². The van der Waals surface area contributed by atoms with Crippen LogP contribution in [0.4, 0.5) is 5.69 Å². The Labute approximate surface area is 122 Å². The predicted octanol–water partition coefficient (Wildman–Crippen LogP) is 4.38. The molecule has 1 fully saturated rings. The van der Waals surface area contributed by atoms with E-state index in [-0.39, 0.29) is 11.8 Å². The van der Waals surface area contributed by atoms with Crippen LogP contribution in [0.15, 0.2) is 40.9 Å². The molecule has 0 aliphatic heterocycles. The normalized spacial score (nSPS) is 30.7. The van der Waals surface area contributed by atoms with Crippen molar-refractivity contribution in [2.45, 2.75) is 25.7 Å². The fourth-order valence-corrected chi connectivity index (χ4v) is 3.63. The van der Waals surface area contributed by atoms with Gasteiger partial charge in [0.05, 0.1) is 0 Å². The molecule has 3 rings (SSSR count). The van der Waals surface area contributed by atoms with Crippen molar-refractivity contribution < 1.29 is 4.79 Å². The summed E-state index contributed by atoms with van der Waals surface area (Å²) in [6.45, 7) is 0. The zero-order chi connectivity index (χ0) is 13.2. The second kappa shape index (κ2) is 5.49. The van der Waals surface area contributed by atoms with Gasteiger partial charge in [-0.15, -0.1) is 0 Å². The summed E-state index contributed by atoms with van der Waals surface area (Å²) in [5.74, 6) is 1.66. The summed E-state index contributed by atoms with van der Waals surface area (Å²) >= 11 is 3.43. The second-order valence-corrected chi connectivity index (χ2v) is 6.39. The standard InChI is InChI=1S/C16H18BrNO/c17-11-6-5-7-12(10-11)18-16(19)15-13-8-3-1-2-4-9-14(13)15/h1-2,5-7,10,13-15H,3-4,8-9H2,(H,18,19)/b2-1-. The van der Waals surface area contributed by atoms with Gasteiger partial charge in [-0.2, -0.15) is 0 Å². The molecule has 1 aromatic rings. The van der Waals surface area contributed by atoms with Gasteiger partial charge in [0.2, 0.25) is 5.91 Å². The van der Waals surface area contributed by atoms with Crippen molar-refractivity contribution in [3.05, 3.63) is 40.9 Å². The highest BCUT2D eigenvalue weighted by molar-refractivity contribution is 9.10. The molecule has 19 heavy (non-hydrogen) atoms. The predicted molar refractivity (Wildman–Crippen MR) is 80.8 cm³/mol. The lowest BCUT2D eigenvalue weighted by atomic mass is 10.1. The Kier molecular flexibility index (Phi) is 3.74. The summed E-state index contributed by atoms with van der Waals surface area (Å²) < 4.78 is 0.997. The van der Waals surface area contributed by atoms with Crippen molar-refractivity contribution in [2.24, 2.45) is 17.8 Å². The van der Waals surface area contributed by atoms with Crippen LogP contribution in [0.1, 0.15) is 25.7 Å². The quantitative estimate of drug-likeness (QED) is 0.805. The van der Waals surface area contributed by atoms with E-state index in [2.05, 4.69) is 33.4 Å². The van der Waals surface area contributed by atoms with Crippen molar-refractivity contribution in [3.8, 4) is 0 Å². The number of nitrogens with one attached hydrogen (secondary N) is 1. The Morgan fingerprint density at radius 2 is 1.84 bits per heavy atom. The summed E-state index contributed by atoms with van der Waals surface area (Å²) in [4.78, 5) is 12.3. The molecule has 1 amide bonds. The summed E-state index contributed by atoms with van der Waals surface area (Å²) in [6, 6.07) is 7.80. The Balaban J connectivity index is 1.63. The van der Waals surface area contributed by atoms with E-state index in [1.165, 1.54) is 0 Å². The van der Waals surface area contributed by atoms with Gasteiger partial charge in [0.1, 0.15) is 0 Å². The maximum absolute atomic E-state index is 12.3. The van der Waals surface area contributed by atoms with E-state index in [4.69, 9.17) is 0 Å². The molecule has 2 aliphatic rings. The van der Waals surface area contributed by atoms with E-state index in [1.807, 2.05) is 24.3 Å². The van der Waals surface area contributed by atoms with Gasteiger partial charge in [0.25, 0.3) is 0 Å². The van der Waals surface area contributed by atoms with E-state index in [1.54, 1.807) is 0 Å². The van der Waals surface area contributed by atoms with Crippen molar-refractivity contribution in [2.75, 3.05) is 5.32 Å². The van der Waals surface area contributed by atoms with Gasteiger partial charge in [-0.1, -0.05) is 34.1 Å². The Bertz CT molecular complexity index is 495. The summed E-state index contributed by atoms with van der Waals surface area (Å²) in [5, 5.41) is 3.05. The fraction of sp³-hybridized carbons (Fsp3) is 0.438. The molecule has 2 aliphatic carbocycles. The number of halogens is 1. The highest BCUT2D eigenvalue weighted by atomic mass is 79.9. The lowest BCUT2D eigenvalue weighted by Gasteiger charge is -2.05. The average molecular weight is 320 g/mol. The highest BCUT2D eigenvalue weighted by Crippen LogP contribution is 2.53. The van der Waals surface area contributed by atoms with Gasteiger partial charge in [0.15, 0.2) is 0 Å². The first-order valence-electron chi connectivity index (χ1n) is 6.97. The van der Waals surface area contributed by atoms with Crippen LogP contribution in [0, 0.1) is 17.8 Å². The Morgan fingerprint density at radius 3 is 2.47 bits per heavy atom. The number of hydrogen-bond donors (Lipinski definition) is 1. The lowest BCUT2D eigenvalue weighted by molar-refractivity contribution is -0.117. The molecule has 3 heteroatoms. The number of carbonyl (C=O) groups is 1. The number of rotatable bonds is 2. The summed E-state index contributed by atoms with van der Waals surface area (Å²) in [7, 11) is 0. The topological polar surface area (TPSA) is 29.1 Å². The van der Waals surface area contributed by atoms with Crippen LogP contribution in [0.25, 0.3) is 0 Å². The van der Waals surface area contributed by atoms with Crippen LogP contribution in [0.3, 0.4) is 0 Å². The van der Waals surface area contributed by atoms with Crippen LogP contribution in [-0.2, 0) is 4.79 Å². The molecule has 0 spiro atoms. The lowest BCUT2D eigenvalue weighted by Crippen LogP contribution is -2.15. The van der Waals surface area contributed by atoms with E-state index >= 15 is 0 Å². The first-order valence-corrected chi connectivity index (χ1v) is 7.76. The van der Waals surface area contributed by atoms with Gasteiger partial charge >= 0.3 is 0 Å². The maximum Gasteiger partial charge on any atom is 0.228 e. The fourth-order valence-electron chi connectivity index (χ4n) is 3.23. The number of anilines is 1. The molecule has 2 atom stereocenters. The molecule has 2 nitrogen and oxygen atoms in total. The van der Waals surface area contributed by atoms with Crippen LogP contribution < -0.4 is 5.32 Å². The van der Waals surface area contributed by atoms with Gasteiger partial charge in [-0.25, -0.2) is 0 Å². The molecule has 1 N–H and O–H groups in total. The highest BCUT2D eigenvalue weighted by Gasteiger charge is 2.53. The van der Waals surface area contributed by atoms with Gasteiger partial charge < -0.3 is 5.32 Å². The number of carbonyl (C=O) groups excluding carboxylic acids is 1. The number of hydrogen-bond acceptors (Lipinski definition) is 1. The van der Waals surface area contributed by atoms with Crippen LogP contribution >= 0.6 is 15.9 Å². The summed E-state index contributed by atoms with van der Waals surface area (Å²) in [6.07, 6.45) is 9.11. The van der Waals surface area contributed by atoms with Gasteiger partial charge in [0, 0.05) is 16.1 Å². The number of fused-ring (bicyclic) bond motifs is 1. The van der Waals surface area contributed by atoms with E-state index in [0.29, 0.717) is 11.8 Å². The van der Waals surface area contributed by atoms with Crippen molar-refractivity contribution >= 4 is 27.5 Å². The second-order valence-electron chi connectivity index (χ2n) is 5.48. The SMILES string of the molecule is O=C(Nc1cccc(Br)c1)C1C2CC/C=C\CCC21. The molecule has 0 heterocycles. The van der Waals surface area contributed by atoms with Gasteiger partial charge in [-0.05, 0) is 55.7 Å². The van der Waals surface area contributed by atoms with E-state index in [9.17, 15) is 4.79 Å². The first-order chi connectivity index (χ1) is 9.25. The zero-order valence-electron chi connectivity index (χ0n) is 10.8. The molecular weight excluding hydrogens is 302 g/mol. The minimum Gasteiger partial charge on any atom is -0.326 e. The molecule has 0 radical (unpaired) electrons. The number of amides is 1. The van der Waals surface area contributed by atoms with E-state index < -0.39 is 0 Å². The monoisotopic (exact) mass is 319 g/mol. The van der Waals surface area contributed by atoms with Crippen molar-refractivity contribution in [1.29, 1.82) is 0 Å². The minimum atomic E-state index is 0.204. The van der Waals surface area contributed by atoms with Crippen molar-refractivity contribution in [1.82, 2.24) is 0 Å². The molecule has 1 saturated carbocycles. The van der Waals surface area contributed by atoms with Gasteiger partial charge in [-0.3, -0.25) is 4.79 Å². The average Bonchev–Trinajstić information content (AvgIpc) is 3.00. The molecule has 0 aromatic heterocycles. The third kappa shape index (κ3) is 2.92. The molecule has 0 saturated heterocycles. The van der Waals surface area contributed by atoms with E-state index in [0.717, 1.165) is 35.8 Å². The Hall–Kier alpha value is -1.09. The molecule has 0 bridgehead atoms. The third-order valence-electron chi connectivity index (χ3n) is 4.23.